The third kappa shape index (κ3) is 4.83. The molecule has 1 atom stereocenters. The van der Waals surface area contributed by atoms with Crippen molar-refractivity contribution >= 4 is 11.9 Å². The second kappa shape index (κ2) is 7.97. The van der Waals surface area contributed by atoms with Gasteiger partial charge in [-0.25, -0.2) is 4.79 Å². The van der Waals surface area contributed by atoms with Gasteiger partial charge < -0.3 is 19.9 Å². The first-order chi connectivity index (χ1) is 11.1. The van der Waals surface area contributed by atoms with E-state index < -0.39 is 24.6 Å². The number of hydrogen-bond donors (Lipinski definition) is 1. The largest absolute Gasteiger partial charge is 0.569 e. The Morgan fingerprint density at radius 3 is 2.83 bits per heavy atom. The van der Waals surface area contributed by atoms with E-state index in [1.54, 1.807) is 30.3 Å². The zero-order valence-corrected chi connectivity index (χ0v) is 12.3. The molecule has 1 saturated heterocycles. The molecule has 0 bridgehead atoms. The molecule has 0 spiro atoms. The number of carboxylic acid groups (broad SMARTS) is 1. The summed E-state index contributed by atoms with van der Waals surface area (Å²) in [6, 6.07) is 8.31. The summed E-state index contributed by atoms with van der Waals surface area (Å²) in [5.41, 5.74) is 0.357. The van der Waals surface area contributed by atoms with E-state index in [0.717, 1.165) is 0 Å². The molecule has 0 amide bonds. The molecule has 1 fully saturated rings. The number of carbonyl (C=O) groups is 2. The normalized spacial score (nSPS) is 18.3. The molecule has 1 aromatic carbocycles. The highest BCUT2D eigenvalue weighted by Gasteiger charge is 2.29. The molecule has 1 N–H and O–H groups in total. The van der Waals surface area contributed by atoms with Gasteiger partial charge >= 0.3 is 11.9 Å². The van der Waals surface area contributed by atoms with E-state index in [2.05, 4.69) is 10.1 Å². The number of hydrazine groups is 1. The number of nitrogens with zero attached hydrogens (tertiary/aromatic N) is 3. The Morgan fingerprint density at radius 2 is 2.13 bits per heavy atom. The van der Waals surface area contributed by atoms with Crippen LogP contribution in [-0.2, 0) is 14.4 Å². The Balaban J connectivity index is 1.76. The molecule has 9 nitrogen and oxygen atoms in total. The lowest BCUT2D eigenvalue weighted by molar-refractivity contribution is -0.714. The summed E-state index contributed by atoms with van der Waals surface area (Å²) in [5.74, 6) is -2.14. The van der Waals surface area contributed by atoms with Crippen LogP contribution in [0, 0.1) is 11.1 Å². The molecule has 0 radical (unpaired) electrons. The summed E-state index contributed by atoms with van der Waals surface area (Å²) in [7, 11) is 0. The predicted molar refractivity (Wildman–Crippen MR) is 75.8 cm³/mol. The van der Waals surface area contributed by atoms with Crippen molar-refractivity contribution in [1.29, 1.82) is 0 Å². The van der Waals surface area contributed by atoms with Gasteiger partial charge in [0.25, 0.3) is 6.79 Å². The third-order valence-corrected chi connectivity index (χ3v) is 3.37. The number of rotatable bonds is 6. The van der Waals surface area contributed by atoms with Gasteiger partial charge in [-0.05, 0) is 25.0 Å². The molecule has 1 unspecified atom stereocenters. The average Bonchev–Trinajstić information content (AvgIpc) is 2.59. The van der Waals surface area contributed by atoms with Gasteiger partial charge in [-0.3, -0.25) is 4.79 Å². The van der Waals surface area contributed by atoms with Gasteiger partial charge in [0.05, 0.1) is 29.5 Å². The van der Waals surface area contributed by atoms with Crippen LogP contribution < -0.4 is 0 Å². The van der Waals surface area contributed by atoms with Crippen LogP contribution in [-0.4, -0.2) is 46.9 Å². The van der Waals surface area contributed by atoms with Crippen LogP contribution >= 0.6 is 0 Å². The molecule has 0 aromatic heterocycles. The molecular weight excluding hydrogens is 306 g/mol. The topological polar surface area (TPSA) is 114 Å². The van der Waals surface area contributed by atoms with Crippen molar-refractivity contribution in [3.05, 3.63) is 41.1 Å². The number of hydrogen-bond acceptors (Lipinski definition) is 6. The SMILES string of the molecule is O=C(OCO/N=[N+](\[O-])N1CCCC(C(=O)O)C1)c1ccccc1. The standard InChI is InChI=1S/C14H17N3O6/c18-13(19)12-7-4-8-16(9-12)17(21)15-23-10-22-14(20)11-5-2-1-3-6-11/h1-3,5-6,12H,4,7-10H2,(H,18,19)/b17-15-. The van der Waals surface area contributed by atoms with Crippen molar-refractivity contribution in [1.82, 2.24) is 5.01 Å². The molecule has 23 heavy (non-hydrogen) atoms. The molecule has 2 rings (SSSR count). The molecule has 0 aliphatic carbocycles. The first-order valence-electron chi connectivity index (χ1n) is 7.08. The summed E-state index contributed by atoms with van der Waals surface area (Å²) in [6.07, 6.45) is 1.10. The Labute approximate surface area is 132 Å². The van der Waals surface area contributed by atoms with Crippen molar-refractivity contribution < 1.29 is 29.2 Å². The summed E-state index contributed by atoms with van der Waals surface area (Å²) in [4.78, 5) is 27.4. The smallest absolute Gasteiger partial charge is 0.341 e. The number of carbonyl (C=O) groups excluding carboxylic acids is 1. The minimum atomic E-state index is -0.944. The molecule has 1 aromatic rings. The maximum Gasteiger partial charge on any atom is 0.341 e. The highest BCUT2D eigenvalue weighted by atomic mass is 16.8. The third-order valence-electron chi connectivity index (χ3n) is 3.37. The second-order valence-corrected chi connectivity index (χ2v) is 4.97. The van der Waals surface area contributed by atoms with E-state index >= 15 is 0 Å². The lowest BCUT2D eigenvalue weighted by Crippen LogP contribution is -2.42. The Kier molecular flexibility index (Phi) is 5.73. The summed E-state index contributed by atoms with van der Waals surface area (Å²) in [6.45, 7) is -0.0535. The van der Waals surface area contributed by atoms with Gasteiger partial charge in [0.1, 0.15) is 0 Å². The van der Waals surface area contributed by atoms with E-state index in [9.17, 15) is 14.8 Å². The van der Waals surface area contributed by atoms with E-state index in [4.69, 9.17) is 9.84 Å². The number of benzene rings is 1. The summed E-state index contributed by atoms with van der Waals surface area (Å²) in [5, 5.41) is 25.1. The number of esters is 1. The Bertz CT molecular complexity index is 577. The fourth-order valence-corrected chi connectivity index (χ4v) is 2.18. The molecule has 1 aliphatic heterocycles. The molecule has 9 heteroatoms. The van der Waals surface area contributed by atoms with Crippen LogP contribution in [0.2, 0.25) is 0 Å². The van der Waals surface area contributed by atoms with Crippen molar-refractivity contribution in [3.8, 4) is 0 Å². The van der Waals surface area contributed by atoms with Gasteiger partial charge in [0.2, 0.25) is 5.28 Å². The van der Waals surface area contributed by atoms with Crippen molar-refractivity contribution in [3.63, 3.8) is 0 Å². The summed E-state index contributed by atoms with van der Waals surface area (Å²) >= 11 is 0. The molecule has 124 valence electrons. The van der Waals surface area contributed by atoms with Crippen LogP contribution in [0.25, 0.3) is 0 Å². The number of piperidine rings is 1. The zero-order valence-electron chi connectivity index (χ0n) is 12.3. The van der Waals surface area contributed by atoms with Crippen molar-refractivity contribution in [2.24, 2.45) is 11.2 Å². The fourth-order valence-electron chi connectivity index (χ4n) is 2.18. The van der Waals surface area contributed by atoms with Crippen LogP contribution in [0.5, 0.6) is 0 Å². The van der Waals surface area contributed by atoms with Gasteiger partial charge in [-0.15, -0.1) is 5.01 Å². The number of ether oxygens (including phenoxy) is 1. The molecular formula is C14H17N3O6. The maximum absolute atomic E-state index is 11.7. The van der Waals surface area contributed by atoms with Crippen LogP contribution in [0.4, 0.5) is 0 Å². The lowest BCUT2D eigenvalue weighted by atomic mass is 10.00. The van der Waals surface area contributed by atoms with E-state index in [0.29, 0.717) is 24.9 Å². The minimum Gasteiger partial charge on any atom is -0.569 e. The fraction of sp³-hybridized carbons (Fsp3) is 0.429. The second-order valence-electron chi connectivity index (χ2n) is 4.97. The first kappa shape index (κ1) is 16.5. The highest BCUT2D eigenvalue weighted by Crippen LogP contribution is 2.16. The van der Waals surface area contributed by atoms with Crippen LogP contribution in [0.3, 0.4) is 0 Å². The van der Waals surface area contributed by atoms with E-state index in [1.165, 1.54) is 5.01 Å². The minimum absolute atomic E-state index is 0.0650. The van der Waals surface area contributed by atoms with Gasteiger partial charge in [-0.2, -0.15) is 0 Å². The highest BCUT2D eigenvalue weighted by molar-refractivity contribution is 5.89. The molecule has 1 aliphatic rings. The maximum atomic E-state index is 11.7. The first-order valence-corrected chi connectivity index (χ1v) is 7.08. The van der Waals surface area contributed by atoms with Gasteiger partial charge in [-0.1, -0.05) is 18.2 Å². The van der Waals surface area contributed by atoms with Crippen LogP contribution in [0.15, 0.2) is 35.6 Å². The predicted octanol–water partition coefficient (Wildman–Crippen LogP) is 1.41. The number of aliphatic carboxylic acids is 1. The quantitative estimate of drug-likeness (QED) is 0.210. The Hall–Kier alpha value is -2.84. The molecule has 1 heterocycles. The van der Waals surface area contributed by atoms with Gasteiger partial charge in [0, 0.05) is 0 Å². The summed E-state index contributed by atoms with van der Waals surface area (Å²) < 4.78 is 4.79. The van der Waals surface area contributed by atoms with Crippen molar-refractivity contribution in [2.45, 2.75) is 12.8 Å². The van der Waals surface area contributed by atoms with E-state index in [1.807, 2.05) is 0 Å². The molecule has 0 saturated carbocycles. The van der Waals surface area contributed by atoms with Gasteiger partial charge in [0.15, 0.2) is 0 Å². The average molecular weight is 323 g/mol. The monoisotopic (exact) mass is 323 g/mol. The van der Waals surface area contributed by atoms with Crippen molar-refractivity contribution in [2.75, 3.05) is 19.9 Å². The van der Waals surface area contributed by atoms with E-state index in [-0.39, 0.29) is 11.5 Å². The lowest BCUT2D eigenvalue weighted by Gasteiger charge is -2.26. The Morgan fingerprint density at radius 1 is 1.39 bits per heavy atom. The van der Waals surface area contributed by atoms with Crippen LogP contribution in [0.1, 0.15) is 23.2 Å². The number of carboxylic acids is 1. The zero-order chi connectivity index (χ0) is 16.7.